The number of carbonyl (C=O) groups excluding carboxylic acids is 1. The summed E-state index contributed by atoms with van der Waals surface area (Å²) in [6.45, 7) is 4.02. The number of carbonyl (C=O) groups is 1. The Hall–Kier alpha value is -2.70. The molecule has 0 spiro atoms. The molecule has 0 fully saturated rings. The van der Waals surface area contributed by atoms with Gasteiger partial charge in [-0.1, -0.05) is 0 Å². The molecule has 0 saturated heterocycles. The normalized spacial score (nSPS) is 10.5. The summed E-state index contributed by atoms with van der Waals surface area (Å²) >= 11 is 0. The van der Waals surface area contributed by atoms with Crippen LogP contribution in [0.4, 0.5) is 0 Å². The predicted molar refractivity (Wildman–Crippen MR) is 82.0 cm³/mol. The summed E-state index contributed by atoms with van der Waals surface area (Å²) in [6.07, 6.45) is 3.04. The monoisotopic (exact) mass is 302 g/mol. The third kappa shape index (κ3) is 3.13. The summed E-state index contributed by atoms with van der Waals surface area (Å²) < 4.78 is 2.78. The molecule has 0 radical (unpaired) electrons. The Morgan fingerprint density at radius 1 is 1.27 bits per heavy atom. The first-order valence-electron chi connectivity index (χ1n) is 6.88. The molecule has 2 aromatic rings. The first-order chi connectivity index (χ1) is 10.4. The lowest BCUT2D eigenvalue weighted by molar-refractivity contribution is 0.0950. The van der Waals surface area contributed by atoms with E-state index in [-0.39, 0.29) is 23.2 Å². The molecule has 0 unspecified atom stereocenters. The Balaban J connectivity index is 2.04. The average Bonchev–Trinajstić information content (AvgIpc) is 2.50. The van der Waals surface area contributed by atoms with Crippen LogP contribution in [0.1, 0.15) is 21.6 Å². The lowest BCUT2D eigenvalue weighted by atomic mass is 10.2. The highest BCUT2D eigenvalue weighted by Gasteiger charge is 2.10. The van der Waals surface area contributed by atoms with Gasteiger partial charge in [0.05, 0.1) is 6.33 Å². The minimum Gasteiger partial charge on any atom is -0.350 e. The third-order valence-electron chi connectivity index (χ3n) is 3.52. The molecule has 1 amide bonds. The summed E-state index contributed by atoms with van der Waals surface area (Å²) in [7, 11) is 1.58. The SMILES string of the molecule is Cc1ncn(CCNC(=O)c2cccn(C)c2=O)c(=O)c1C. The van der Waals surface area contributed by atoms with Crippen LogP contribution in [0.5, 0.6) is 0 Å². The predicted octanol–water partition coefficient (Wildman–Crippen LogP) is -0.0112. The Morgan fingerprint density at radius 3 is 2.73 bits per heavy atom. The van der Waals surface area contributed by atoms with Gasteiger partial charge in [0.2, 0.25) is 0 Å². The van der Waals surface area contributed by atoms with Gasteiger partial charge in [0.25, 0.3) is 17.0 Å². The second-order valence-electron chi connectivity index (χ2n) is 5.05. The number of aryl methyl sites for hydroxylation is 2. The summed E-state index contributed by atoms with van der Waals surface area (Å²) in [5, 5.41) is 2.64. The number of rotatable bonds is 4. The van der Waals surface area contributed by atoms with Crippen molar-refractivity contribution in [3.8, 4) is 0 Å². The number of hydrogen-bond acceptors (Lipinski definition) is 4. The molecule has 0 aliphatic carbocycles. The van der Waals surface area contributed by atoms with E-state index in [0.29, 0.717) is 17.8 Å². The van der Waals surface area contributed by atoms with Gasteiger partial charge in [0.1, 0.15) is 5.56 Å². The van der Waals surface area contributed by atoms with Crippen LogP contribution in [-0.2, 0) is 13.6 Å². The maximum absolute atomic E-state index is 12.0. The number of nitrogens with one attached hydrogen (secondary N) is 1. The van der Waals surface area contributed by atoms with Crippen LogP contribution < -0.4 is 16.4 Å². The van der Waals surface area contributed by atoms with E-state index in [4.69, 9.17) is 0 Å². The number of nitrogens with zero attached hydrogens (tertiary/aromatic N) is 3. The Kier molecular flexibility index (Phi) is 4.55. The molecule has 0 aliphatic heterocycles. The van der Waals surface area contributed by atoms with Crippen molar-refractivity contribution in [2.24, 2.45) is 7.05 Å². The van der Waals surface area contributed by atoms with Crippen LogP contribution in [0.25, 0.3) is 0 Å². The average molecular weight is 302 g/mol. The van der Waals surface area contributed by atoms with E-state index < -0.39 is 5.91 Å². The quantitative estimate of drug-likeness (QED) is 0.860. The van der Waals surface area contributed by atoms with Gasteiger partial charge in [0, 0.05) is 37.6 Å². The van der Waals surface area contributed by atoms with Gasteiger partial charge in [-0.3, -0.25) is 19.0 Å². The molecule has 7 nitrogen and oxygen atoms in total. The second kappa shape index (κ2) is 6.38. The van der Waals surface area contributed by atoms with E-state index in [1.165, 1.54) is 21.5 Å². The zero-order chi connectivity index (χ0) is 16.3. The fourth-order valence-corrected chi connectivity index (χ4v) is 1.99. The molecule has 2 aromatic heterocycles. The summed E-state index contributed by atoms with van der Waals surface area (Å²) in [6, 6.07) is 3.11. The molecule has 0 bridgehead atoms. The maximum atomic E-state index is 12.0. The summed E-state index contributed by atoms with van der Waals surface area (Å²) in [5.41, 5.74) is 0.877. The smallest absolute Gasteiger partial charge is 0.263 e. The molecule has 7 heteroatoms. The van der Waals surface area contributed by atoms with Crippen molar-refractivity contribution in [3.63, 3.8) is 0 Å². The van der Waals surface area contributed by atoms with Crippen LogP contribution in [0.3, 0.4) is 0 Å². The molecule has 2 rings (SSSR count). The second-order valence-corrected chi connectivity index (χ2v) is 5.05. The van der Waals surface area contributed by atoms with Crippen molar-refractivity contribution in [3.05, 3.63) is 62.2 Å². The minimum absolute atomic E-state index is 0.0792. The molecule has 2 heterocycles. The molecule has 0 atom stereocenters. The first kappa shape index (κ1) is 15.7. The molecule has 22 heavy (non-hydrogen) atoms. The number of aromatic nitrogens is 3. The molecule has 0 saturated carbocycles. The van der Waals surface area contributed by atoms with Gasteiger partial charge in [-0.05, 0) is 26.0 Å². The molecule has 0 aliphatic rings. The highest BCUT2D eigenvalue weighted by atomic mass is 16.2. The lowest BCUT2D eigenvalue weighted by Crippen LogP contribution is -2.35. The van der Waals surface area contributed by atoms with Crippen molar-refractivity contribution in [1.82, 2.24) is 19.4 Å². The minimum atomic E-state index is -0.453. The number of hydrogen-bond donors (Lipinski definition) is 1. The molecule has 1 N–H and O–H groups in total. The van der Waals surface area contributed by atoms with Crippen LogP contribution in [-0.4, -0.2) is 26.6 Å². The van der Waals surface area contributed by atoms with Gasteiger partial charge >= 0.3 is 0 Å². The summed E-state index contributed by atoms with van der Waals surface area (Å²) in [5.74, 6) is -0.453. The van der Waals surface area contributed by atoms with Crippen molar-refractivity contribution >= 4 is 5.91 Å². The van der Waals surface area contributed by atoms with E-state index >= 15 is 0 Å². The van der Waals surface area contributed by atoms with Gasteiger partial charge in [0.15, 0.2) is 0 Å². The zero-order valence-corrected chi connectivity index (χ0v) is 12.8. The number of amides is 1. The maximum Gasteiger partial charge on any atom is 0.263 e. The lowest BCUT2D eigenvalue weighted by Gasteiger charge is -2.09. The fraction of sp³-hybridized carbons (Fsp3) is 0.333. The van der Waals surface area contributed by atoms with Crippen molar-refractivity contribution in [2.45, 2.75) is 20.4 Å². The molecule has 116 valence electrons. The van der Waals surface area contributed by atoms with Gasteiger partial charge in [-0.15, -0.1) is 0 Å². The topological polar surface area (TPSA) is 86.0 Å². The van der Waals surface area contributed by atoms with E-state index in [9.17, 15) is 14.4 Å². The fourth-order valence-electron chi connectivity index (χ4n) is 1.99. The highest BCUT2D eigenvalue weighted by molar-refractivity contribution is 5.93. The Morgan fingerprint density at radius 2 is 2.00 bits per heavy atom. The number of pyridine rings is 1. The van der Waals surface area contributed by atoms with Crippen molar-refractivity contribution in [2.75, 3.05) is 6.54 Å². The molecular weight excluding hydrogens is 284 g/mol. The van der Waals surface area contributed by atoms with E-state index in [1.54, 1.807) is 33.2 Å². The van der Waals surface area contributed by atoms with Gasteiger partial charge in [-0.25, -0.2) is 4.98 Å². The Bertz CT molecular complexity index is 820. The van der Waals surface area contributed by atoms with Crippen LogP contribution in [0.15, 0.2) is 34.2 Å². The standard InChI is InChI=1S/C15H18N4O3/c1-10-11(2)17-9-19(14(10)21)8-6-16-13(20)12-5-4-7-18(3)15(12)22/h4-5,7,9H,6,8H2,1-3H3,(H,16,20). The van der Waals surface area contributed by atoms with Crippen LogP contribution in [0.2, 0.25) is 0 Å². The van der Waals surface area contributed by atoms with Crippen molar-refractivity contribution < 1.29 is 4.79 Å². The molecular formula is C15H18N4O3. The largest absolute Gasteiger partial charge is 0.350 e. The third-order valence-corrected chi connectivity index (χ3v) is 3.52. The summed E-state index contributed by atoms with van der Waals surface area (Å²) in [4.78, 5) is 39.9. The zero-order valence-electron chi connectivity index (χ0n) is 12.8. The van der Waals surface area contributed by atoms with Gasteiger partial charge < -0.3 is 9.88 Å². The first-order valence-corrected chi connectivity index (χ1v) is 6.88. The van der Waals surface area contributed by atoms with Gasteiger partial charge in [-0.2, -0.15) is 0 Å². The van der Waals surface area contributed by atoms with Crippen molar-refractivity contribution in [1.29, 1.82) is 0 Å². The van der Waals surface area contributed by atoms with E-state index in [1.807, 2.05) is 0 Å². The van der Waals surface area contributed by atoms with Crippen LogP contribution in [0, 0.1) is 13.8 Å². The van der Waals surface area contributed by atoms with Crippen LogP contribution >= 0.6 is 0 Å². The Labute approximate surface area is 127 Å². The highest BCUT2D eigenvalue weighted by Crippen LogP contribution is 1.95. The van der Waals surface area contributed by atoms with E-state index in [0.717, 1.165) is 0 Å². The van der Waals surface area contributed by atoms with E-state index in [2.05, 4.69) is 10.3 Å². The molecule has 0 aromatic carbocycles.